The van der Waals surface area contributed by atoms with Crippen molar-refractivity contribution in [3.63, 3.8) is 0 Å². The van der Waals surface area contributed by atoms with E-state index in [4.69, 9.17) is 9.72 Å². The van der Waals surface area contributed by atoms with Crippen LogP contribution in [0.25, 0.3) is 22.4 Å². The second kappa shape index (κ2) is 11.4. The Hall–Kier alpha value is -3.60. The van der Waals surface area contributed by atoms with Crippen LogP contribution < -0.4 is 10.1 Å². The summed E-state index contributed by atoms with van der Waals surface area (Å²) in [5.74, 6) is 0.567. The van der Waals surface area contributed by atoms with Crippen LogP contribution >= 0.6 is 27.7 Å². The van der Waals surface area contributed by atoms with Gasteiger partial charge in [-0.1, -0.05) is 69.7 Å². The number of anilines is 1. The lowest BCUT2D eigenvalue weighted by molar-refractivity contribution is -0.115. The lowest BCUT2D eigenvalue weighted by Gasteiger charge is -2.16. The topological polar surface area (TPSA) is 75.0 Å². The molecule has 36 heavy (non-hydrogen) atoms. The van der Waals surface area contributed by atoms with E-state index in [9.17, 15) is 10.1 Å². The number of halogens is 1. The summed E-state index contributed by atoms with van der Waals surface area (Å²) in [7, 11) is 1.62. The quantitative estimate of drug-likeness (QED) is 0.238. The van der Waals surface area contributed by atoms with Crippen molar-refractivity contribution in [3.05, 3.63) is 94.5 Å². The summed E-state index contributed by atoms with van der Waals surface area (Å²) < 4.78 is 6.23. The van der Waals surface area contributed by atoms with E-state index in [1.165, 1.54) is 11.8 Å². The number of nitrogens with zero attached hydrogens (tertiary/aromatic N) is 2. The fourth-order valence-corrected chi connectivity index (χ4v) is 4.77. The Bertz CT molecular complexity index is 1410. The number of hydrogen-bond donors (Lipinski definition) is 1. The molecule has 0 unspecified atom stereocenters. The van der Waals surface area contributed by atoms with Crippen molar-refractivity contribution in [3.8, 4) is 34.2 Å². The van der Waals surface area contributed by atoms with Crippen LogP contribution in [0.3, 0.4) is 0 Å². The number of nitrogens with one attached hydrogen (secondary N) is 1. The molecule has 4 rings (SSSR count). The Labute approximate surface area is 223 Å². The standard InChI is InChI=1S/C29H24BrN3O2S/c1-18-4-6-21(7-5-18)27-16-25(20-8-14-24(35-3)15-9-20)26(17-31)29(33-27)36-19(2)28(34)32-23-12-10-22(30)11-13-23/h4-16,19H,1-3H3,(H,32,34)/t19-/m0/s1. The number of carbonyl (C=O) groups is 1. The zero-order chi connectivity index (χ0) is 25.7. The SMILES string of the molecule is COc1ccc(-c2cc(-c3ccc(C)cc3)nc(S[C@@H](C)C(=O)Nc3ccc(Br)cc3)c2C#N)cc1. The number of pyridine rings is 1. The summed E-state index contributed by atoms with van der Waals surface area (Å²) in [5.41, 5.74) is 5.60. The number of thioether (sulfide) groups is 1. The van der Waals surface area contributed by atoms with Gasteiger partial charge in [-0.25, -0.2) is 4.98 Å². The zero-order valence-corrected chi connectivity index (χ0v) is 22.5. The highest BCUT2D eigenvalue weighted by atomic mass is 79.9. The highest BCUT2D eigenvalue weighted by molar-refractivity contribution is 9.10. The molecule has 3 aromatic carbocycles. The molecule has 1 aromatic heterocycles. The molecular weight excluding hydrogens is 534 g/mol. The molecule has 1 atom stereocenters. The minimum Gasteiger partial charge on any atom is -0.497 e. The Kier molecular flexibility index (Phi) is 8.09. The number of nitriles is 1. The number of methoxy groups -OCH3 is 1. The smallest absolute Gasteiger partial charge is 0.237 e. The van der Waals surface area contributed by atoms with Crippen molar-refractivity contribution >= 4 is 39.3 Å². The van der Waals surface area contributed by atoms with Crippen LogP contribution in [-0.4, -0.2) is 23.3 Å². The molecule has 7 heteroatoms. The number of amides is 1. The van der Waals surface area contributed by atoms with Gasteiger partial charge in [0.15, 0.2) is 0 Å². The van der Waals surface area contributed by atoms with Gasteiger partial charge in [0.05, 0.1) is 23.6 Å². The minimum atomic E-state index is -0.481. The largest absolute Gasteiger partial charge is 0.497 e. The first kappa shape index (κ1) is 25.5. The van der Waals surface area contributed by atoms with Gasteiger partial charge in [-0.3, -0.25) is 4.79 Å². The third kappa shape index (κ3) is 5.96. The molecule has 0 fully saturated rings. The second-order valence-electron chi connectivity index (χ2n) is 8.20. The van der Waals surface area contributed by atoms with Gasteiger partial charge in [0.1, 0.15) is 16.8 Å². The fraction of sp³-hybridized carbons (Fsp3) is 0.138. The van der Waals surface area contributed by atoms with E-state index in [1.807, 2.05) is 92.7 Å². The molecule has 4 aromatic rings. The van der Waals surface area contributed by atoms with Gasteiger partial charge in [-0.2, -0.15) is 5.26 Å². The highest BCUT2D eigenvalue weighted by Gasteiger charge is 2.21. The molecule has 0 aliphatic rings. The van der Waals surface area contributed by atoms with Crippen molar-refractivity contribution in [2.75, 3.05) is 12.4 Å². The lowest BCUT2D eigenvalue weighted by atomic mass is 9.99. The molecule has 180 valence electrons. The lowest BCUT2D eigenvalue weighted by Crippen LogP contribution is -2.22. The first-order valence-electron chi connectivity index (χ1n) is 11.3. The van der Waals surface area contributed by atoms with Gasteiger partial charge >= 0.3 is 0 Å². The van der Waals surface area contributed by atoms with Gasteiger partial charge < -0.3 is 10.1 Å². The third-order valence-electron chi connectivity index (χ3n) is 5.62. The monoisotopic (exact) mass is 557 g/mol. The number of hydrogen-bond acceptors (Lipinski definition) is 5. The maximum atomic E-state index is 13.0. The molecule has 0 aliphatic heterocycles. The molecule has 1 heterocycles. The summed E-state index contributed by atoms with van der Waals surface area (Å²) in [6.07, 6.45) is 0. The Morgan fingerprint density at radius 1 is 1.03 bits per heavy atom. The second-order valence-corrected chi connectivity index (χ2v) is 10.4. The van der Waals surface area contributed by atoms with Crippen LogP contribution in [0.5, 0.6) is 5.75 Å². The zero-order valence-electron chi connectivity index (χ0n) is 20.1. The molecule has 1 N–H and O–H groups in total. The Morgan fingerprint density at radius 3 is 2.28 bits per heavy atom. The van der Waals surface area contributed by atoms with E-state index in [0.29, 0.717) is 16.3 Å². The van der Waals surface area contributed by atoms with Gasteiger partial charge in [-0.15, -0.1) is 0 Å². The van der Waals surface area contributed by atoms with E-state index in [0.717, 1.165) is 38.2 Å². The first-order valence-corrected chi connectivity index (χ1v) is 12.9. The van der Waals surface area contributed by atoms with E-state index >= 15 is 0 Å². The molecule has 0 spiro atoms. The van der Waals surface area contributed by atoms with Crippen LogP contribution in [0.4, 0.5) is 5.69 Å². The minimum absolute atomic E-state index is 0.167. The number of carbonyl (C=O) groups excluding carboxylic acids is 1. The van der Waals surface area contributed by atoms with Crippen LogP contribution in [0.15, 0.2) is 88.4 Å². The number of benzene rings is 3. The first-order chi connectivity index (χ1) is 17.4. The van der Waals surface area contributed by atoms with Crippen LogP contribution in [0.1, 0.15) is 18.1 Å². The summed E-state index contributed by atoms with van der Waals surface area (Å²) in [6, 6.07) is 27.3. The van der Waals surface area contributed by atoms with E-state index in [1.54, 1.807) is 7.11 Å². The Morgan fingerprint density at radius 2 is 1.67 bits per heavy atom. The summed E-state index contributed by atoms with van der Waals surface area (Å²) in [5, 5.41) is 13.1. The molecule has 0 bridgehead atoms. The van der Waals surface area contributed by atoms with Gasteiger partial charge in [0.2, 0.25) is 5.91 Å². The van der Waals surface area contributed by atoms with Gasteiger partial charge in [-0.05, 0) is 61.9 Å². The Balaban J connectivity index is 1.73. The molecule has 0 aliphatic carbocycles. The molecule has 0 saturated carbocycles. The predicted molar refractivity (Wildman–Crippen MR) is 149 cm³/mol. The van der Waals surface area contributed by atoms with E-state index in [-0.39, 0.29) is 5.91 Å². The van der Waals surface area contributed by atoms with E-state index in [2.05, 4.69) is 27.3 Å². The molecule has 0 saturated heterocycles. The number of aryl methyl sites for hydroxylation is 1. The van der Waals surface area contributed by atoms with Crippen LogP contribution in [0.2, 0.25) is 0 Å². The molecule has 1 amide bonds. The van der Waals surface area contributed by atoms with Crippen molar-refractivity contribution in [1.29, 1.82) is 5.26 Å². The van der Waals surface area contributed by atoms with Gasteiger partial charge in [0, 0.05) is 21.3 Å². The maximum Gasteiger partial charge on any atom is 0.237 e. The van der Waals surface area contributed by atoms with E-state index < -0.39 is 5.25 Å². The summed E-state index contributed by atoms with van der Waals surface area (Å²) in [4.78, 5) is 17.8. The predicted octanol–water partition coefficient (Wildman–Crippen LogP) is 7.49. The van der Waals surface area contributed by atoms with Crippen molar-refractivity contribution in [1.82, 2.24) is 4.98 Å². The number of ether oxygens (including phenoxy) is 1. The fourth-order valence-electron chi connectivity index (χ4n) is 3.58. The number of rotatable bonds is 7. The van der Waals surface area contributed by atoms with Crippen molar-refractivity contribution in [2.45, 2.75) is 24.1 Å². The summed E-state index contributed by atoms with van der Waals surface area (Å²) in [6.45, 7) is 3.85. The highest BCUT2D eigenvalue weighted by Crippen LogP contribution is 2.36. The van der Waals surface area contributed by atoms with Crippen LogP contribution in [0, 0.1) is 18.3 Å². The van der Waals surface area contributed by atoms with Gasteiger partial charge in [0.25, 0.3) is 0 Å². The normalized spacial score (nSPS) is 11.4. The molecule has 0 radical (unpaired) electrons. The van der Waals surface area contributed by atoms with Crippen molar-refractivity contribution < 1.29 is 9.53 Å². The van der Waals surface area contributed by atoms with Crippen molar-refractivity contribution in [2.24, 2.45) is 0 Å². The molecule has 5 nitrogen and oxygen atoms in total. The average Bonchev–Trinajstić information content (AvgIpc) is 2.90. The maximum absolute atomic E-state index is 13.0. The third-order valence-corrected chi connectivity index (χ3v) is 7.23. The average molecular weight is 559 g/mol. The summed E-state index contributed by atoms with van der Waals surface area (Å²) >= 11 is 4.68. The molecular formula is C29H24BrN3O2S. The number of aromatic nitrogens is 1. The van der Waals surface area contributed by atoms with Crippen LogP contribution in [-0.2, 0) is 4.79 Å².